The average Bonchev–Trinajstić information content (AvgIpc) is 1.88. The summed E-state index contributed by atoms with van der Waals surface area (Å²) < 4.78 is 6.11. The molecule has 6 nitrogen and oxygen atoms in total. The molecule has 2 unspecified atom stereocenters. The second kappa shape index (κ2) is 3.14. The van der Waals surface area contributed by atoms with E-state index in [2.05, 4.69) is 5.11 Å². The molecule has 0 aromatic rings. The lowest BCUT2D eigenvalue weighted by Crippen LogP contribution is -2.39. The fourth-order valence-electron chi connectivity index (χ4n) is 0.265. The van der Waals surface area contributed by atoms with Crippen molar-refractivity contribution in [3.8, 4) is 0 Å². The minimum atomic E-state index is -2.22. The third kappa shape index (κ3) is 2.00. The molecule has 58 valence electrons. The highest BCUT2D eigenvalue weighted by molar-refractivity contribution is 5.82. The zero-order chi connectivity index (χ0) is 9.02. The van der Waals surface area contributed by atoms with Crippen molar-refractivity contribution >= 4 is 11.9 Å². The number of aliphatic hydroxyl groups is 2. The third-order valence-electron chi connectivity index (χ3n) is 0.783. The average molecular weight is 151 g/mol. The van der Waals surface area contributed by atoms with Gasteiger partial charge in [-0.15, -0.1) is 0 Å². The third-order valence-corrected chi connectivity index (χ3v) is 0.783. The predicted molar refractivity (Wildman–Crippen MR) is 27.3 cm³/mol. The van der Waals surface area contributed by atoms with Gasteiger partial charge < -0.3 is 20.4 Å². The summed E-state index contributed by atoms with van der Waals surface area (Å²) in [5.74, 6) is -3.44. The molecule has 0 saturated carbocycles. The summed E-state index contributed by atoms with van der Waals surface area (Å²) in [4.78, 5) is 19.9. The van der Waals surface area contributed by atoms with Crippen LogP contribution in [0.5, 0.6) is 0 Å². The molecule has 0 aliphatic rings. The van der Waals surface area contributed by atoms with Gasteiger partial charge in [-0.25, -0.2) is 9.59 Å². The molecule has 4 N–H and O–H groups in total. The molecular weight excluding hydrogens is 144 g/mol. The highest BCUT2D eigenvalue weighted by atomic mass is 16.4. The van der Waals surface area contributed by atoms with Crippen molar-refractivity contribution in [1.29, 1.82) is 1.43 Å². The van der Waals surface area contributed by atoms with Crippen LogP contribution in [0.4, 0.5) is 0 Å². The first-order valence-corrected chi connectivity index (χ1v) is 2.26. The number of hydrogen-bond donors (Lipinski definition) is 4. The lowest BCUT2D eigenvalue weighted by Gasteiger charge is -2.07. The smallest absolute Gasteiger partial charge is 0.335 e. The molecule has 0 amide bonds. The molecule has 0 aliphatic heterocycles. The molecule has 0 rings (SSSR count). The topological polar surface area (TPSA) is 115 Å². The molecule has 0 aromatic carbocycles. The Hall–Kier alpha value is -1.14. The quantitative estimate of drug-likeness (QED) is 0.365. The van der Waals surface area contributed by atoms with Crippen LogP contribution in [0.25, 0.3) is 0 Å². The Bertz CT molecular complexity index is 168. The molecule has 0 heterocycles. The maximum absolute atomic E-state index is 10.0. The zero-order valence-corrected chi connectivity index (χ0v) is 4.72. The Kier molecular flexibility index (Phi) is 2.19. The molecule has 0 aliphatic carbocycles. The van der Waals surface area contributed by atoms with Gasteiger partial charge in [0.15, 0.2) is 12.2 Å². The van der Waals surface area contributed by atoms with E-state index in [-0.39, 0.29) is 0 Å². The van der Waals surface area contributed by atoms with E-state index in [0.29, 0.717) is 0 Å². The van der Waals surface area contributed by atoms with Crippen molar-refractivity contribution in [3.63, 3.8) is 0 Å². The van der Waals surface area contributed by atoms with E-state index in [4.69, 9.17) is 16.8 Å². The first-order chi connectivity index (χ1) is 5.00. The number of aliphatic hydroxyl groups excluding tert-OH is 2. The van der Waals surface area contributed by atoms with Gasteiger partial charge in [0.05, 0.1) is 0 Å². The van der Waals surface area contributed by atoms with Gasteiger partial charge in [-0.3, -0.25) is 0 Å². The van der Waals surface area contributed by atoms with Gasteiger partial charge >= 0.3 is 11.9 Å². The summed E-state index contributed by atoms with van der Waals surface area (Å²) in [5.41, 5.74) is 0. The van der Waals surface area contributed by atoms with Crippen molar-refractivity contribution in [1.82, 2.24) is 0 Å². The normalized spacial score (nSPS) is 17.1. The minimum Gasteiger partial charge on any atom is -0.479 e. The first kappa shape index (κ1) is 6.97. The zero-order valence-electron chi connectivity index (χ0n) is 5.72. The van der Waals surface area contributed by atoms with E-state index in [1.54, 1.807) is 0 Å². The van der Waals surface area contributed by atoms with Gasteiger partial charge in [-0.2, -0.15) is 0 Å². The van der Waals surface area contributed by atoms with Crippen molar-refractivity contribution < 1.29 is 30.0 Å². The van der Waals surface area contributed by atoms with Gasteiger partial charge in [0.25, 0.3) is 0 Å². The minimum absolute atomic E-state index is 1.70. The van der Waals surface area contributed by atoms with E-state index in [0.717, 1.165) is 0 Å². The van der Waals surface area contributed by atoms with E-state index in [1.807, 2.05) is 0 Å². The second-order valence-corrected chi connectivity index (χ2v) is 1.54. The second-order valence-electron chi connectivity index (χ2n) is 1.54. The van der Waals surface area contributed by atoms with Crippen LogP contribution in [0.1, 0.15) is 0 Å². The molecule has 6 heteroatoms. The van der Waals surface area contributed by atoms with Crippen molar-refractivity contribution in [3.05, 3.63) is 0 Å². The molecule has 2 atom stereocenters. The lowest BCUT2D eigenvalue weighted by molar-refractivity contribution is -0.165. The monoisotopic (exact) mass is 151 g/mol. The lowest BCUT2D eigenvalue weighted by atomic mass is 10.2. The Labute approximate surface area is 56.8 Å². The van der Waals surface area contributed by atoms with Gasteiger partial charge in [-0.05, 0) is 0 Å². The summed E-state index contributed by atoms with van der Waals surface area (Å²) in [7, 11) is 0. The summed E-state index contributed by atoms with van der Waals surface area (Å²) in [5, 5.41) is 28.2. The number of carboxylic acids is 2. The first-order valence-electron chi connectivity index (χ1n) is 2.67. The van der Waals surface area contributed by atoms with Gasteiger partial charge in [0.1, 0.15) is 0 Å². The SMILES string of the molecule is [2H]OC(C(=O)O)C(O)C(=O)O. The number of carboxylic acid groups (broad SMARTS) is 2. The predicted octanol–water partition coefficient (Wildman–Crippen LogP) is -2.12. The maximum atomic E-state index is 10.0. The van der Waals surface area contributed by atoms with Crippen LogP contribution >= 0.6 is 0 Å². The van der Waals surface area contributed by atoms with Crippen LogP contribution in [0.3, 0.4) is 0 Å². The van der Waals surface area contributed by atoms with Crippen LogP contribution in [-0.4, -0.2) is 46.0 Å². The molecule has 0 bridgehead atoms. The standard InChI is InChI=1S/C4H6O6/c5-1(3(7)8)2(6)4(9)10/h1-2,5-6H,(H,7,8)(H,9,10)/i5D. The number of carbonyl (C=O) groups is 2. The number of hydrogen-bond acceptors (Lipinski definition) is 4. The Balaban J connectivity index is 4.25. The summed E-state index contributed by atoms with van der Waals surface area (Å²) in [6, 6.07) is 0. The number of rotatable bonds is 4. The summed E-state index contributed by atoms with van der Waals surface area (Å²) in [6.45, 7) is 0. The van der Waals surface area contributed by atoms with Crippen LogP contribution in [0.15, 0.2) is 0 Å². The van der Waals surface area contributed by atoms with Gasteiger partial charge in [-0.1, -0.05) is 0 Å². The van der Waals surface area contributed by atoms with E-state index in [1.165, 1.54) is 0 Å². The fraction of sp³-hybridized carbons (Fsp3) is 0.500. The molecule has 10 heavy (non-hydrogen) atoms. The number of aliphatic carboxylic acids is 2. The van der Waals surface area contributed by atoms with Crippen LogP contribution in [0.2, 0.25) is 0 Å². The van der Waals surface area contributed by atoms with Crippen LogP contribution in [-0.2, 0) is 9.59 Å². The Morgan fingerprint density at radius 2 is 1.60 bits per heavy atom. The van der Waals surface area contributed by atoms with Gasteiger partial charge in [0, 0.05) is 0 Å². The maximum Gasteiger partial charge on any atom is 0.335 e. The van der Waals surface area contributed by atoms with Crippen molar-refractivity contribution in [2.45, 2.75) is 12.2 Å². The highest BCUT2D eigenvalue weighted by Gasteiger charge is 2.29. The Morgan fingerprint density at radius 3 is 1.70 bits per heavy atom. The van der Waals surface area contributed by atoms with E-state index in [9.17, 15) is 9.59 Å². The van der Waals surface area contributed by atoms with E-state index < -0.39 is 24.1 Å². The molecule has 0 radical (unpaired) electrons. The molecule has 0 saturated heterocycles. The van der Waals surface area contributed by atoms with Gasteiger partial charge in [0.2, 0.25) is 1.43 Å². The van der Waals surface area contributed by atoms with Crippen molar-refractivity contribution in [2.75, 3.05) is 0 Å². The molecular formula is C4H6O6. The summed E-state index contributed by atoms with van der Waals surface area (Å²) in [6.07, 6.45) is -4.27. The van der Waals surface area contributed by atoms with E-state index >= 15 is 0 Å². The molecule has 0 aromatic heterocycles. The fourth-order valence-corrected chi connectivity index (χ4v) is 0.265. The van der Waals surface area contributed by atoms with Crippen LogP contribution in [0, 0.1) is 0 Å². The molecule has 0 fully saturated rings. The van der Waals surface area contributed by atoms with Crippen molar-refractivity contribution in [2.24, 2.45) is 0 Å². The summed E-state index contributed by atoms with van der Waals surface area (Å²) >= 11 is 0. The Morgan fingerprint density at radius 1 is 1.20 bits per heavy atom. The highest BCUT2D eigenvalue weighted by Crippen LogP contribution is 1.92. The largest absolute Gasteiger partial charge is 0.479 e. The molecule has 0 spiro atoms. The van der Waals surface area contributed by atoms with Crippen LogP contribution < -0.4 is 0 Å².